The second kappa shape index (κ2) is 6.41. The monoisotopic (exact) mass is 266 g/mol. The summed E-state index contributed by atoms with van der Waals surface area (Å²) in [5.74, 6) is -0.376. The van der Waals surface area contributed by atoms with Crippen molar-refractivity contribution in [2.75, 3.05) is 7.11 Å². The average Bonchev–Trinajstić information content (AvgIpc) is 2.67. The fourth-order valence-electron chi connectivity index (χ4n) is 1.90. The molecular weight excluding hydrogens is 244 g/mol. The number of nitrogens with one attached hydrogen (secondary N) is 1. The van der Waals surface area contributed by atoms with Crippen molar-refractivity contribution in [3.63, 3.8) is 0 Å². The molecule has 0 aromatic carbocycles. The van der Waals surface area contributed by atoms with Crippen molar-refractivity contribution < 1.29 is 14.3 Å². The number of aromatic nitrogens is 1. The van der Waals surface area contributed by atoms with E-state index in [1.165, 1.54) is 7.11 Å². The summed E-state index contributed by atoms with van der Waals surface area (Å²) in [7, 11) is 3.15. The Morgan fingerprint density at radius 3 is 2.42 bits per heavy atom. The van der Waals surface area contributed by atoms with Crippen molar-refractivity contribution in [1.82, 2.24) is 9.88 Å². The predicted octanol–water partition coefficient (Wildman–Crippen LogP) is 1.65. The lowest BCUT2D eigenvalue weighted by Gasteiger charge is -2.18. The van der Waals surface area contributed by atoms with Gasteiger partial charge in [-0.25, -0.2) is 4.79 Å². The third-order valence-electron chi connectivity index (χ3n) is 3.10. The quantitative estimate of drug-likeness (QED) is 0.824. The highest BCUT2D eigenvalue weighted by Gasteiger charge is 2.24. The molecule has 0 aliphatic heterocycles. The van der Waals surface area contributed by atoms with Gasteiger partial charge in [0.05, 0.1) is 7.11 Å². The molecule has 0 aliphatic carbocycles. The number of amides is 1. The van der Waals surface area contributed by atoms with E-state index in [-0.39, 0.29) is 5.91 Å². The first-order valence-electron chi connectivity index (χ1n) is 6.37. The van der Waals surface area contributed by atoms with E-state index in [9.17, 15) is 9.59 Å². The molecule has 1 aromatic rings. The smallest absolute Gasteiger partial charge is 0.328 e. The van der Waals surface area contributed by atoms with E-state index >= 15 is 0 Å². The van der Waals surface area contributed by atoms with Crippen LogP contribution in [-0.2, 0) is 16.6 Å². The summed E-state index contributed by atoms with van der Waals surface area (Å²) in [6.45, 7) is 5.91. The average molecular weight is 266 g/mol. The minimum atomic E-state index is -0.604. The Labute approximate surface area is 113 Å². The first-order valence-corrected chi connectivity index (χ1v) is 6.37. The molecule has 0 radical (unpaired) electrons. The van der Waals surface area contributed by atoms with Gasteiger partial charge in [-0.1, -0.05) is 13.8 Å². The van der Waals surface area contributed by atoms with Gasteiger partial charge in [-0.15, -0.1) is 0 Å². The third kappa shape index (κ3) is 3.84. The normalized spacial score (nSPS) is 12.3. The number of methoxy groups -OCH3 is 1. The van der Waals surface area contributed by atoms with Crippen LogP contribution in [0.5, 0.6) is 0 Å². The molecule has 1 heterocycles. The lowest BCUT2D eigenvalue weighted by molar-refractivity contribution is -0.143. The molecule has 1 atom stereocenters. The van der Waals surface area contributed by atoms with Gasteiger partial charge in [-0.05, 0) is 31.4 Å². The molecule has 0 spiro atoms. The van der Waals surface area contributed by atoms with Crippen molar-refractivity contribution in [2.24, 2.45) is 13.0 Å². The van der Waals surface area contributed by atoms with Crippen LogP contribution in [0, 0.1) is 12.8 Å². The largest absolute Gasteiger partial charge is 0.467 e. The summed E-state index contributed by atoms with van der Waals surface area (Å²) in [6.07, 6.45) is 0.557. The summed E-state index contributed by atoms with van der Waals surface area (Å²) in [6, 6.07) is 3.01. The summed E-state index contributed by atoms with van der Waals surface area (Å²) >= 11 is 0. The number of ether oxygens (including phenoxy) is 1. The third-order valence-corrected chi connectivity index (χ3v) is 3.10. The number of rotatable bonds is 5. The van der Waals surface area contributed by atoms with Crippen molar-refractivity contribution in [3.8, 4) is 0 Å². The standard InChI is InChI=1S/C14H22N2O3/c1-9(2)8-11(14(18)19-5)15-13(17)12-7-6-10(3)16(12)4/h6-7,9,11H,8H2,1-5H3,(H,15,17). The van der Waals surface area contributed by atoms with E-state index in [0.29, 0.717) is 18.0 Å². The van der Waals surface area contributed by atoms with Crippen molar-refractivity contribution in [3.05, 3.63) is 23.5 Å². The van der Waals surface area contributed by atoms with Crippen LogP contribution >= 0.6 is 0 Å². The Morgan fingerprint density at radius 2 is 2.00 bits per heavy atom. The zero-order valence-electron chi connectivity index (χ0n) is 12.2. The van der Waals surface area contributed by atoms with Crippen LogP contribution in [-0.4, -0.2) is 29.6 Å². The van der Waals surface area contributed by atoms with Crippen LogP contribution in [0.15, 0.2) is 12.1 Å². The number of carbonyl (C=O) groups excluding carboxylic acids is 2. The van der Waals surface area contributed by atoms with Crippen LogP contribution in [0.3, 0.4) is 0 Å². The summed E-state index contributed by atoms with van der Waals surface area (Å²) < 4.78 is 6.52. The molecule has 1 unspecified atom stereocenters. The minimum absolute atomic E-state index is 0.258. The summed E-state index contributed by atoms with van der Waals surface area (Å²) in [4.78, 5) is 23.8. The maximum absolute atomic E-state index is 12.2. The Hall–Kier alpha value is -1.78. The molecule has 19 heavy (non-hydrogen) atoms. The molecule has 106 valence electrons. The number of hydrogen-bond donors (Lipinski definition) is 1. The summed E-state index contributed by atoms with van der Waals surface area (Å²) in [5.41, 5.74) is 1.53. The molecule has 5 heteroatoms. The van der Waals surface area contributed by atoms with Gasteiger partial charge in [-0.3, -0.25) is 4.79 Å². The van der Waals surface area contributed by atoms with Crippen molar-refractivity contribution in [2.45, 2.75) is 33.2 Å². The molecule has 1 amide bonds. The minimum Gasteiger partial charge on any atom is -0.467 e. The zero-order valence-corrected chi connectivity index (χ0v) is 12.2. The SMILES string of the molecule is COC(=O)C(CC(C)C)NC(=O)c1ccc(C)n1C. The Kier molecular flexibility index (Phi) is 5.15. The fourth-order valence-corrected chi connectivity index (χ4v) is 1.90. The molecule has 0 saturated carbocycles. The number of hydrogen-bond acceptors (Lipinski definition) is 3. The lowest BCUT2D eigenvalue weighted by Crippen LogP contribution is -2.42. The molecular formula is C14H22N2O3. The van der Waals surface area contributed by atoms with E-state index in [2.05, 4.69) is 5.32 Å². The van der Waals surface area contributed by atoms with E-state index in [4.69, 9.17) is 4.74 Å². The Morgan fingerprint density at radius 1 is 1.37 bits per heavy atom. The van der Waals surface area contributed by atoms with Crippen LogP contribution < -0.4 is 5.32 Å². The van der Waals surface area contributed by atoms with Crippen LogP contribution in [0.1, 0.15) is 36.5 Å². The maximum Gasteiger partial charge on any atom is 0.328 e. The number of carbonyl (C=O) groups is 2. The van der Waals surface area contributed by atoms with Gasteiger partial charge in [0.25, 0.3) is 5.91 Å². The predicted molar refractivity (Wildman–Crippen MR) is 72.9 cm³/mol. The van der Waals surface area contributed by atoms with E-state index in [1.54, 1.807) is 10.6 Å². The number of aryl methyl sites for hydroxylation is 1. The lowest BCUT2D eigenvalue weighted by atomic mass is 10.0. The Bertz CT molecular complexity index is 463. The molecule has 5 nitrogen and oxygen atoms in total. The highest BCUT2D eigenvalue weighted by Crippen LogP contribution is 2.09. The van der Waals surface area contributed by atoms with Gasteiger partial charge in [0, 0.05) is 12.7 Å². The van der Waals surface area contributed by atoms with Crippen LogP contribution in [0.4, 0.5) is 0 Å². The molecule has 0 saturated heterocycles. The van der Waals surface area contributed by atoms with E-state index in [1.807, 2.05) is 33.9 Å². The second-order valence-electron chi connectivity index (χ2n) is 5.10. The van der Waals surface area contributed by atoms with Crippen molar-refractivity contribution in [1.29, 1.82) is 0 Å². The zero-order chi connectivity index (χ0) is 14.6. The van der Waals surface area contributed by atoms with Gasteiger partial charge in [0.15, 0.2) is 0 Å². The highest BCUT2D eigenvalue weighted by molar-refractivity contribution is 5.95. The second-order valence-corrected chi connectivity index (χ2v) is 5.10. The van der Waals surface area contributed by atoms with Gasteiger partial charge in [0.1, 0.15) is 11.7 Å². The van der Waals surface area contributed by atoms with Gasteiger partial charge < -0.3 is 14.6 Å². The van der Waals surface area contributed by atoms with E-state index < -0.39 is 12.0 Å². The summed E-state index contributed by atoms with van der Waals surface area (Å²) in [5, 5.41) is 2.74. The first-order chi connectivity index (χ1) is 8.86. The van der Waals surface area contributed by atoms with E-state index in [0.717, 1.165) is 5.69 Å². The molecule has 0 fully saturated rings. The molecule has 1 N–H and O–H groups in total. The molecule has 1 rings (SSSR count). The van der Waals surface area contributed by atoms with Crippen molar-refractivity contribution >= 4 is 11.9 Å². The van der Waals surface area contributed by atoms with Gasteiger partial charge >= 0.3 is 5.97 Å². The van der Waals surface area contributed by atoms with Gasteiger partial charge in [0.2, 0.25) is 0 Å². The number of esters is 1. The highest BCUT2D eigenvalue weighted by atomic mass is 16.5. The number of nitrogens with zero attached hydrogens (tertiary/aromatic N) is 1. The van der Waals surface area contributed by atoms with Crippen LogP contribution in [0.2, 0.25) is 0 Å². The maximum atomic E-state index is 12.2. The molecule has 1 aromatic heterocycles. The molecule has 0 aliphatic rings. The van der Waals surface area contributed by atoms with Gasteiger partial charge in [-0.2, -0.15) is 0 Å². The fraction of sp³-hybridized carbons (Fsp3) is 0.571. The molecule has 0 bridgehead atoms. The Balaban J connectivity index is 2.81. The van der Waals surface area contributed by atoms with Crippen LogP contribution in [0.25, 0.3) is 0 Å². The first kappa shape index (κ1) is 15.3. The topological polar surface area (TPSA) is 60.3 Å².